The number of carbonyl (C=O) groups is 1. The summed E-state index contributed by atoms with van der Waals surface area (Å²) in [5, 5.41) is 6.69. The third-order valence-electron chi connectivity index (χ3n) is 3.03. The van der Waals surface area contributed by atoms with Crippen molar-refractivity contribution in [3.63, 3.8) is 0 Å². The molecule has 0 aliphatic carbocycles. The highest BCUT2D eigenvalue weighted by Crippen LogP contribution is 2.16. The summed E-state index contributed by atoms with van der Waals surface area (Å²) >= 11 is 9.44. The highest BCUT2D eigenvalue weighted by atomic mass is 79.9. The van der Waals surface area contributed by atoms with E-state index in [1.54, 1.807) is 0 Å². The van der Waals surface area contributed by atoms with Gasteiger partial charge in [-0.05, 0) is 42.8 Å². The number of hydrogen-bond donors (Lipinski definition) is 2. The molecule has 0 spiro atoms. The number of amides is 1. The number of nitrogens with one attached hydrogen (secondary N) is 2. The Bertz CT molecular complexity index is 616. The lowest BCUT2D eigenvalue weighted by molar-refractivity contribution is -0.121. The van der Waals surface area contributed by atoms with Crippen molar-refractivity contribution in [1.82, 2.24) is 5.32 Å². The molecule has 110 valence electrons. The van der Waals surface area contributed by atoms with Gasteiger partial charge in [0.25, 0.3) is 0 Å². The van der Waals surface area contributed by atoms with Gasteiger partial charge in [-0.3, -0.25) is 4.79 Å². The van der Waals surface area contributed by atoms with Crippen molar-refractivity contribution >= 4 is 39.1 Å². The van der Waals surface area contributed by atoms with Gasteiger partial charge in [0.05, 0.1) is 0 Å². The standard InChI is InChI=1S/C16H16BrClN2O/c1-11(20-14-8-6-13(17)7-9-14)16(21)19-10-12-4-2-3-5-15(12)18/h2-9,11,20H,10H2,1H3,(H,19,21). The van der Waals surface area contributed by atoms with Gasteiger partial charge in [-0.15, -0.1) is 0 Å². The smallest absolute Gasteiger partial charge is 0.242 e. The Balaban J connectivity index is 1.88. The Labute approximate surface area is 137 Å². The first-order valence-electron chi connectivity index (χ1n) is 6.59. The van der Waals surface area contributed by atoms with Crippen molar-refractivity contribution in [3.05, 3.63) is 63.6 Å². The molecule has 1 amide bonds. The molecule has 21 heavy (non-hydrogen) atoms. The quantitative estimate of drug-likeness (QED) is 0.831. The maximum absolute atomic E-state index is 12.1. The number of carbonyl (C=O) groups excluding carboxylic acids is 1. The molecule has 0 fully saturated rings. The molecule has 2 aromatic rings. The van der Waals surface area contributed by atoms with E-state index in [1.165, 1.54) is 0 Å². The van der Waals surface area contributed by atoms with Gasteiger partial charge >= 0.3 is 0 Å². The molecule has 0 radical (unpaired) electrons. The van der Waals surface area contributed by atoms with Crippen molar-refractivity contribution in [2.45, 2.75) is 19.5 Å². The SMILES string of the molecule is CC(Nc1ccc(Br)cc1)C(=O)NCc1ccccc1Cl. The number of anilines is 1. The first kappa shape index (κ1) is 15.9. The van der Waals surface area contributed by atoms with Crippen molar-refractivity contribution in [2.24, 2.45) is 0 Å². The molecule has 3 nitrogen and oxygen atoms in total. The lowest BCUT2D eigenvalue weighted by Gasteiger charge is -2.15. The van der Waals surface area contributed by atoms with Gasteiger partial charge < -0.3 is 10.6 Å². The van der Waals surface area contributed by atoms with Crippen LogP contribution in [0.5, 0.6) is 0 Å². The molecule has 0 bridgehead atoms. The molecule has 1 unspecified atom stereocenters. The number of hydrogen-bond acceptors (Lipinski definition) is 2. The van der Waals surface area contributed by atoms with Crippen LogP contribution in [0.1, 0.15) is 12.5 Å². The molecule has 0 aliphatic heterocycles. The molecule has 0 saturated heterocycles. The van der Waals surface area contributed by atoms with Crippen molar-refractivity contribution < 1.29 is 4.79 Å². The van der Waals surface area contributed by atoms with Gasteiger partial charge in [0.1, 0.15) is 6.04 Å². The largest absolute Gasteiger partial charge is 0.374 e. The number of halogens is 2. The minimum absolute atomic E-state index is 0.0714. The van der Waals surface area contributed by atoms with Crippen LogP contribution < -0.4 is 10.6 Å². The molecular formula is C16H16BrClN2O. The van der Waals surface area contributed by atoms with Gasteiger partial charge in [0, 0.05) is 21.7 Å². The summed E-state index contributed by atoms with van der Waals surface area (Å²) in [5.74, 6) is -0.0714. The highest BCUT2D eigenvalue weighted by molar-refractivity contribution is 9.10. The predicted molar refractivity (Wildman–Crippen MR) is 90.5 cm³/mol. The molecule has 0 heterocycles. The second kappa shape index (κ2) is 7.48. The van der Waals surface area contributed by atoms with Crippen LogP contribution in [0.2, 0.25) is 5.02 Å². The summed E-state index contributed by atoms with van der Waals surface area (Å²) in [6, 6.07) is 14.8. The first-order chi connectivity index (χ1) is 10.1. The molecule has 0 aliphatic rings. The fourth-order valence-electron chi connectivity index (χ4n) is 1.84. The predicted octanol–water partition coefficient (Wildman–Crippen LogP) is 4.22. The zero-order valence-electron chi connectivity index (χ0n) is 11.6. The van der Waals surface area contributed by atoms with E-state index in [4.69, 9.17) is 11.6 Å². The van der Waals surface area contributed by atoms with Crippen molar-refractivity contribution in [1.29, 1.82) is 0 Å². The normalized spacial score (nSPS) is 11.8. The van der Waals surface area contributed by atoms with Crippen LogP contribution in [0, 0.1) is 0 Å². The molecule has 5 heteroatoms. The monoisotopic (exact) mass is 366 g/mol. The molecular weight excluding hydrogens is 352 g/mol. The first-order valence-corrected chi connectivity index (χ1v) is 7.76. The Morgan fingerprint density at radius 3 is 2.52 bits per heavy atom. The maximum Gasteiger partial charge on any atom is 0.242 e. The second-order valence-electron chi connectivity index (χ2n) is 4.68. The lowest BCUT2D eigenvalue weighted by atomic mass is 10.2. The summed E-state index contributed by atoms with van der Waals surface area (Å²) in [6.07, 6.45) is 0. The van der Waals surface area contributed by atoms with E-state index in [1.807, 2.05) is 55.5 Å². The van der Waals surface area contributed by atoms with E-state index in [9.17, 15) is 4.79 Å². The van der Waals surface area contributed by atoms with Gasteiger partial charge in [0.15, 0.2) is 0 Å². The Morgan fingerprint density at radius 1 is 1.19 bits per heavy atom. The topological polar surface area (TPSA) is 41.1 Å². The van der Waals surface area contributed by atoms with Crippen LogP contribution in [0.15, 0.2) is 53.0 Å². The van der Waals surface area contributed by atoms with Crippen LogP contribution in [-0.4, -0.2) is 11.9 Å². The summed E-state index contributed by atoms with van der Waals surface area (Å²) in [7, 11) is 0. The summed E-state index contributed by atoms with van der Waals surface area (Å²) in [4.78, 5) is 12.1. The van der Waals surface area contributed by atoms with Crippen LogP contribution in [0.25, 0.3) is 0 Å². The average molecular weight is 368 g/mol. The minimum atomic E-state index is -0.325. The van der Waals surface area contributed by atoms with Crippen LogP contribution in [0.3, 0.4) is 0 Å². The summed E-state index contributed by atoms with van der Waals surface area (Å²) in [6.45, 7) is 2.24. The zero-order chi connectivity index (χ0) is 15.2. The minimum Gasteiger partial charge on any atom is -0.374 e. The summed E-state index contributed by atoms with van der Waals surface area (Å²) in [5.41, 5.74) is 1.81. The second-order valence-corrected chi connectivity index (χ2v) is 6.01. The van der Waals surface area contributed by atoms with Gasteiger partial charge in [0.2, 0.25) is 5.91 Å². The van der Waals surface area contributed by atoms with Crippen LogP contribution in [0.4, 0.5) is 5.69 Å². The fraction of sp³-hybridized carbons (Fsp3) is 0.188. The number of rotatable bonds is 5. The van der Waals surface area contributed by atoms with Crippen molar-refractivity contribution in [3.8, 4) is 0 Å². The van der Waals surface area contributed by atoms with E-state index in [0.717, 1.165) is 15.7 Å². The lowest BCUT2D eigenvalue weighted by Crippen LogP contribution is -2.37. The van der Waals surface area contributed by atoms with E-state index in [2.05, 4.69) is 26.6 Å². The zero-order valence-corrected chi connectivity index (χ0v) is 13.9. The molecule has 1 atom stereocenters. The summed E-state index contributed by atoms with van der Waals surface area (Å²) < 4.78 is 1.00. The van der Waals surface area contributed by atoms with Gasteiger partial charge in [-0.25, -0.2) is 0 Å². The van der Waals surface area contributed by atoms with Crippen molar-refractivity contribution in [2.75, 3.05) is 5.32 Å². The third kappa shape index (κ3) is 4.76. The van der Waals surface area contributed by atoms with Crippen LogP contribution in [-0.2, 0) is 11.3 Å². The molecule has 0 saturated carbocycles. The fourth-order valence-corrected chi connectivity index (χ4v) is 2.31. The van der Waals surface area contributed by atoms with E-state index in [0.29, 0.717) is 11.6 Å². The molecule has 2 aromatic carbocycles. The Hall–Kier alpha value is -1.52. The van der Waals surface area contributed by atoms with Crippen LogP contribution >= 0.6 is 27.5 Å². The average Bonchev–Trinajstić information content (AvgIpc) is 2.48. The highest BCUT2D eigenvalue weighted by Gasteiger charge is 2.12. The Kier molecular flexibility index (Phi) is 5.65. The molecule has 2 rings (SSSR count). The molecule has 0 aromatic heterocycles. The maximum atomic E-state index is 12.1. The molecule has 2 N–H and O–H groups in total. The Morgan fingerprint density at radius 2 is 1.86 bits per heavy atom. The van der Waals surface area contributed by atoms with E-state index in [-0.39, 0.29) is 11.9 Å². The van der Waals surface area contributed by atoms with Gasteiger partial charge in [-0.2, -0.15) is 0 Å². The number of benzene rings is 2. The van der Waals surface area contributed by atoms with Gasteiger partial charge in [-0.1, -0.05) is 45.7 Å². The third-order valence-corrected chi connectivity index (χ3v) is 3.93. The van der Waals surface area contributed by atoms with E-state index < -0.39 is 0 Å². The van der Waals surface area contributed by atoms with E-state index >= 15 is 0 Å².